The van der Waals surface area contributed by atoms with Crippen molar-refractivity contribution >= 4 is 5.91 Å². The Kier molecular flexibility index (Phi) is 5.48. The zero-order valence-corrected chi connectivity index (χ0v) is 11.7. The van der Waals surface area contributed by atoms with Gasteiger partial charge >= 0.3 is 0 Å². The van der Waals surface area contributed by atoms with Crippen molar-refractivity contribution in [3.05, 3.63) is 0 Å². The van der Waals surface area contributed by atoms with E-state index in [4.69, 9.17) is 0 Å². The molecular weight excluding hydrogens is 224 g/mol. The fraction of sp³-hybridized carbons (Fsp3) is 0.933. The monoisotopic (exact) mass is 252 g/mol. The van der Waals surface area contributed by atoms with Crippen LogP contribution in [0.1, 0.15) is 64.7 Å². The Morgan fingerprint density at radius 3 is 2.28 bits per heavy atom. The summed E-state index contributed by atoms with van der Waals surface area (Å²) in [6, 6.07) is 1.02. The number of hydrogen-bond acceptors (Lipinski definition) is 2. The van der Waals surface area contributed by atoms with Gasteiger partial charge in [0.1, 0.15) is 0 Å². The van der Waals surface area contributed by atoms with E-state index in [2.05, 4.69) is 17.6 Å². The Morgan fingerprint density at radius 2 is 1.67 bits per heavy atom. The highest BCUT2D eigenvalue weighted by atomic mass is 16.2. The van der Waals surface area contributed by atoms with Gasteiger partial charge in [-0.25, -0.2) is 0 Å². The van der Waals surface area contributed by atoms with Crippen LogP contribution < -0.4 is 10.6 Å². The molecule has 2 unspecified atom stereocenters. The summed E-state index contributed by atoms with van der Waals surface area (Å²) in [4.78, 5) is 12.2. The molecule has 1 saturated carbocycles. The molecule has 104 valence electrons. The van der Waals surface area contributed by atoms with E-state index < -0.39 is 0 Å². The second kappa shape index (κ2) is 7.13. The van der Waals surface area contributed by atoms with Crippen molar-refractivity contribution in [3.63, 3.8) is 0 Å². The van der Waals surface area contributed by atoms with Crippen molar-refractivity contribution in [1.29, 1.82) is 0 Å². The van der Waals surface area contributed by atoms with Crippen LogP contribution in [0.2, 0.25) is 0 Å². The minimum atomic E-state index is 0.201. The predicted octanol–water partition coefficient (Wildman–Crippen LogP) is 2.60. The Labute approximate surface area is 111 Å². The lowest BCUT2D eigenvalue weighted by atomic mass is 9.93. The van der Waals surface area contributed by atoms with Gasteiger partial charge in [-0.1, -0.05) is 32.1 Å². The molecule has 0 bridgehead atoms. The number of amides is 1. The van der Waals surface area contributed by atoms with Gasteiger partial charge in [-0.05, 0) is 32.6 Å². The van der Waals surface area contributed by atoms with Crippen LogP contribution >= 0.6 is 0 Å². The number of nitrogens with one attached hydrogen (secondary N) is 2. The van der Waals surface area contributed by atoms with Crippen LogP contribution in [0.3, 0.4) is 0 Å². The summed E-state index contributed by atoms with van der Waals surface area (Å²) >= 11 is 0. The second-order valence-electron chi connectivity index (χ2n) is 6.13. The van der Waals surface area contributed by atoms with Crippen molar-refractivity contribution < 1.29 is 4.79 Å². The van der Waals surface area contributed by atoms with Gasteiger partial charge in [0, 0.05) is 18.6 Å². The molecule has 2 atom stereocenters. The molecule has 1 saturated heterocycles. The molecule has 0 radical (unpaired) electrons. The predicted molar refractivity (Wildman–Crippen MR) is 74.4 cm³/mol. The average molecular weight is 252 g/mol. The van der Waals surface area contributed by atoms with E-state index in [9.17, 15) is 4.79 Å². The van der Waals surface area contributed by atoms with Crippen LogP contribution in [0, 0.1) is 5.92 Å². The van der Waals surface area contributed by atoms with Crippen molar-refractivity contribution in [2.45, 2.75) is 76.8 Å². The maximum Gasteiger partial charge on any atom is 0.224 e. The fourth-order valence-corrected chi connectivity index (χ4v) is 3.14. The molecule has 1 amide bonds. The first kappa shape index (κ1) is 13.9. The molecule has 2 aliphatic rings. The fourth-order valence-electron chi connectivity index (χ4n) is 3.14. The third kappa shape index (κ3) is 4.27. The molecule has 18 heavy (non-hydrogen) atoms. The summed E-state index contributed by atoms with van der Waals surface area (Å²) in [6.07, 6.45) is 11.2. The number of carbonyl (C=O) groups excluding carboxylic acids is 1. The zero-order chi connectivity index (χ0) is 12.8. The first-order valence-electron chi connectivity index (χ1n) is 7.79. The third-order valence-corrected chi connectivity index (χ3v) is 4.48. The molecular formula is C15H28N2O. The van der Waals surface area contributed by atoms with Gasteiger partial charge in [0.2, 0.25) is 5.91 Å². The molecule has 3 heteroatoms. The molecule has 0 spiro atoms. The Morgan fingerprint density at radius 1 is 1.00 bits per heavy atom. The molecule has 0 aromatic heterocycles. The smallest absolute Gasteiger partial charge is 0.224 e. The molecule has 3 nitrogen and oxygen atoms in total. The lowest BCUT2D eigenvalue weighted by Crippen LogP contribution is -2.46. The molecule has 1 heterocycles. The number of rotatable bonds is 2. The van der Waals surface area contributed by atoms with Gasteiger partial charge < -0.3 is 10.6 Å². The molecule has 2 N–H and O–H groups in total. The van der Waals surface area contributed by atoms with E-state index in [0.717, 1.165) is 19.4 Å². The lowest BCUT2D eigenvalue weighted by Gasteiger charge is -2.29. The van der Waals surface area contributed by atoms with Crippen LogP contribution in [-0.4, -0.2) is 24.5 Å². The first-order chi connectivity index (χ1) is 8.75. The van der Waals surface area contributed by atoms with E-state index >= 15 is 0 Å². The quantitative estimate of drug-likeness (QED) is 0.793. The van der Waals surface area contributed by atoms with E-state index in [1.54, 1.807) is 0 Å². The van der Waals surface area contributed by atoms with E-state index in [-0.39, 0.29) is 5.92 Å². The summed E-state index contributed by atoms with van der Waals surface area (Å²) in [5, 5.41) is 6.70. The summed E-state index contributed by atoms with van der Waals surface area (Å²) in [5.74, 6) is 0.492. The highest BCUT2D eigenvalue weighted by Gasteiger charge is 2.25. The standard InChI is InChI=1S/C15H28N2O/c1-12-9-10-13(11-16-12)15(18)17-14-7-5-3-2-4-6-8-14/h12-14,16H,2-11H2,1H3,(H,17,18). The van der Waals surface area contributed by atoms with Crippen LogP contribution in [0.25, 0.3) is 0 Å². The highest BCUT2D eigenvalue weighted by molar-refractivity contribution is 5.79. The van der Waals surface area contributed by atoms with Gasteiger partial charge in [-0.15, -0.1) is 0 Å². The summed E-state index contributed by atoms with van der Waals surface area (Å²) in [5.41, 5.74) is 0. The van der Waals surface area contributed by atoms with Gasteiger partial charge in [0.25, 0.3) is 0 Å². The van der Waals surface area contributed by atoms with Crippen LogP contribution in [0.15, 0.2) is 0 Å². The van der Waals surface area contributed by atoms with Crippen molar-refractivity contribution in [3.8, 4) is 0 Å². The van der Waals surface area contributed by atoms with Gasteiger partial charge in [-0.3, -0.25) is 4.79 Å². The molecule has 0 aromatic rings. The Hall–Kier alpha value is -0.570. The van der Waals surface area contributed by atoms with E-state index in [1.807, 2.05) is 0 Å². The highest BCUT2D eigenvalue weighted by Crippen LogP contribution is 2.19. The topological polar surface area (TPSA) is 41.1 Å². The number of carbonyl (C=O) groups is 1. The minimum Gasteiger partial charge on any atom is -0.353 e. The first-order valence-corrected chi connectivity index (χ1v) is 7.79. The number of hydrogen-bond donors (Lipinski definition) is 2. The number of piperidine rings is 1. The molecule has 1 aliphatic heterocycles. The largest absolute Gasteiger partial charge is 0.353 e. The van der Waals surface area contributed by atoms with Crippen molar-refractivity contribution in [2.24, 2.45) is 5.92 Å². The van der Waals surface area contributed by atoms with Gasteiger partial charge in [-0.2, -0.15) is 0 Å². The van der Waals surface area contributed by atoms with E-state index in [1.165, 1.54) is 44.9 Å². The molecule has 0 aromatic carbocycles. The maximum atomic E-state index is 12.2. The maximum absolute atomic E-state index is 12.2. The minimum absolute atomic E-state index is 0.201. The Balaban J connectivity index is 1.75. The van der Waals surface area contributed by atoms with Gasteiger partial charge in [0.15, 0.2) is 0 Å². The van der Waals surface area contributed by atoms with Crippen LogP contribution in [0.4, 0.5) is 0 Å². The van der Waals surface area contributed by atoms with Crippen molar-refractivity contribution in [2.75, 3.05) is 6.54 Å². The molecule has 2 fully saturated rings. The molecule has 1 aliphatic carbocycles. The summed E-state index contributed by atoms with van der Waals surface area (Å²) in [7, 11) is 0. The van der Waals surface area contributed by atoms with Crippen molar-refractivity contribution in [1.82, 2.24) is 10.6 Å². The third-order valence-electron chi connectivity index (χ3n) is 4.48. The Bertz CT molecular complexity index is 251. The lowest BCUT2D eigenvalue weighted by molar-refractivity contribution is -0.126. The van der Waals surface area contributed by atoms with Crippen LogP contribution in [0.5, 0.6) is 0 Å². The summed E-state index contributed by atoms with van der Waals surface area (Å²) in [6.45, 7) is 3.06. The average Bonchev–Trinajstić information content (AvgIpc) is 2.33. The van der Waals surface area contributed by atoms with Gasteiger partial charge in [0.05, 0.1) is 5.92 Å². The van der Waals surface area contributed by atoms with E-state index in [0.29, 0.717) is 18.0 Å². The van der Waals surface area contributed by atoms with Crippen LogP contribution in [-0.2, 0) is 4.79 Å². The normalized spacial score (nSPS) is 31.4. The zero-order valence-electron chi connectivity index (χ0n) is 11.7. The SMILES string of the molecule is CC1CCC(C(=O)NC2CCCCCCC2)CN1. The summed E-state index contributed by atoms with van der Waals surface area (Å²) < 4.78 is 0. The second-order valence-corrected chi connectivity index (χ2v) is 6.13. The molecule has 2 rings (SSSR count).